The lowest BCUT2D eigenvalue weighted by molar-refractivity contribution is -0.142. The number of nitrogens with one attached hydrogen (secondary N) is 2. The van der Waals surface area contributed by atoms with Crippen LogP contribution in [0.25, 0.3) is 0 Å². The molecular weight excluding hydrogens is 256 g/mol. The zero-order valence-corrected chi connectivity index (χ0v) is 11.3. The molecule has 5 heteroatoms. The summed E-state index contributed by atoms with van der Waals surface area (Å²) in [5.41, 5.74) is 0.905. The van der Waals surface area contributed by atoms with Gasteiger partial charge in [-0.25, -0.2) is 4.79 Å². The highest BCUT2D eigenvalue weighted by molar-refractivity contribution is 5.85. The van der Waals surface area contributed by atoms with E-state index in [0.29, 0.717) is 13.0 Å². The predicted octanol–water partition coefficient (Wildman–Crippen LogP) is 0.798. The highest BCUT2D eigenvalue weighted by Gasteiger charge is 2.26. The molecule has 0 radical (unpaired) electrons. The average molecular weight is 276 g/mol. The van der Waals surface area contributed by atoms with Crippen LogP contribution < -0.4 is 10.6 Å². The summed E-state index contributed by atoms with van der Waals surface area (Å²) < 4.78 is 0. The lowest BCUT2D eigenvalue weighted by atomic mass is 9.97. The van der Waals surface area contributed by atoms with Gasteiger partial charge in [-0.3, -0.25) is 4.79 Å². The van der Waals surface area contributed by atoms with Crippen LogP contribution in [0.2, 0.25) is 0 Å². The third-order valence-electron chi connectivity index (χ3n) is 3.56. The fraction of sp³-hybridized carbons (Fsp3) is 0.467. The van der Waals surface area contributed by atoms with Gasteiger partial charge in [0.05, 0.1) is 5.92 Å². The number of hydrogen-bond acceptors (Lipinski definition) is 3. The van der Waals surface area contributed by atoms with Crippen molar-refractivity contribution in [3.63, 3.8) is 0 Å². The summed E-state index contributed by atoms with van der Waals surface area (Å²) >= 11 is 0. The summed E-state index contributed by atoms with van der Waals surface area (Å²) in [7, 11) is 0. The van der Waals surface area contributed by atoms with Crippen LogP contribution in [0.5, 0.6) is 0 Å². The molecule has 0 aliphatic carbocycles. The Balaban J connectivity index is 1.95. The average Bonchev–Trinajstić information content (AvgIpc) is 2.48. The van der Waals surface area contributed by atoms with E-state index in [-0.39, 0.29) is 11.8 Å². The van der Waals surface area contributed by atoms with Crippen LogP contribution in [-0.2, 0) is 16.0 Å². The van der Waals surface area contributed by atoms with Crippen molar-refractivity contribution in [1.82, 2.24) is 10.6 Å². The SMILES string of the molecule is O=C(N[C@@H](Cc1ccccc1)C(=O)O)C1CCCNC1. The van der Waals surface area contributed by atoms with Crippen LogP contribution in [0.1, 0.15) is 18.4 Å². The fourth-order valence-electron chi connectivity index (χ4n) is 2.42. The molecule has 1 saturated heterocycles. The molecule has 3 N–H and O–H groups in total. The summed E-state index contributed by atoms with van der Waals surface area (Å²) in [6.07, 6.45) is 2.08. The Morgan fingerprint density at radius 1 is 1.35 bits per heavy atom. The Bertz CT molecular complexity index is 455. The van der Waals surface area contributed by atoms with Gasteiger partial charge in [0.25, 0.3) is 0 Å². The van der Waals surface area contributed by atoms with Crippen LogP contribution in [0.3, 0.4) is 0 Å². The van der Waals surface area contributed by atoms with Crippen molar-refractivity contribution in [1.29, 1.82) is 0 Å². The third-order valence-corrected chi connectivity index (χ3v) is 3.56. The zero-order valence-electron chi connectivity index (χ0n) is 11.3. The molecule has 0 aromatic heterocycles. The van der Waals surface area contributed by atoms with Gasteiger partial charge in [0, 0.05) is 13.0 Å². The van der Waals surface area contributed by atoms with Crippen molar-refractivity contribution in [3.05, 3.63) is 35.9 Å². The van der Waals surface area contributed by atoms with Crippen LogP contribution in [0, 0.1) is 5.92 Å². The van der Waals surface area contributed by atoms with E-state index in [1.54, 1.807) is 0 Å². The van der Waals surface area contributed by atoms with Gasteiger partial charge < -0.3 is 15.7 Å². The van der Waals surface area contributed by atoms with E-state index in [4.69, 9.17) is 0 Å². The number of carboxylic acids is 1. The number of hydrogen-bond donors (Lipinski definition) is 3. The van der Waals surface area contributed by atoms with Gasteiger partial charge in [-0.1, -0.05) is 30.3 Å². The molecule has 20 heavy (non-hydrogen) atoms. The highest BCUT2D eigenvalue weighted by Crippen LogP contribution is 2.11. The monoisotopic (exact) mass is 276 g/mol. The van der Waals surface area contributed by atoms with Gasteiger partial charge in [-0.2, -0.15) is 0 Å². The van der Waals surface area contributed by atoms with E-state index >= 15 is 0 Å². The molecule has 1 heterocycles. The summed E-state index contributed by atoms with van der Waals surface area (Å²) in [6.45, 7) is 1.56. The number of aliphatic carboxylic acids is 1. The van der Waals surface area contributed by atoms with Crippen molar-refractivity contribution in [2.45, 2.75) is 25.3 Å². The Morgan fingerprint density at radius 3 is 2.70 bits per heavy atom. The first-order chi connectivity index (χ1) is 9.66. The molecule has 2 atom stereocenters. The molecule has 0 spiro atoms. The Labute approximate surface area is 118 Å². The topological polar surface area (TPSA) is 78.4 Å². The molecule has 0 bridgehead atoms. The van der Waals surface area contributed by atoms with Gasteiger partial charge in [-0.05, 0) is 24.9 Å². The second kappa shape index (κ2) is 7.05. The highest BCUT2D eigenvalue weighted by atomic mass is 16.4. The molecule has 1 aliphatic rings. The normalized spacial score (nSPS) is 20.1. The van der Waals surface area contributed by atoms with Crippen LogP contribution >= 0.6 is 0 Å². The summed E-state index contributed by atoms with van der Waals surface area (Å²) in [6, 6.07) is 8.47. The van der Waals surface area contributed by atoms with Gasteiger partial charge >= 0.3 is 5.97 Å². The first-order valence-electron chi connectivity index (χ1n) is 6.94. The second-order valence-electron chi connectivity index (χ2n) is 5.13. The molecule has 1 amide bonds. The lowest BCUT2D eigenvalue weighted by Crippen LogP contribution is -2.48. The first-order valence-corrected chi connectivity index (χ1v) is 6.94. The van der Waals surface area contributed by atoms with E-state index in [2.05, 4.69) is 10.6 Å². The molecular formula is C15H20N2O3. The van der Waals surface area contributed by atoms with E-state index in [9.17, 15) is 14.7 Å². The van der Waals surface area contributed by atoms with Crippen LogP contribution in [0.4, 0.5) is 0 Å². The van der Waals surface area contributed by atoms with E-state index in [0.717, 1.165) is 24.9 Å². The van der Waals surface area contributed by atoms with Gasteiger partial charge in [0.15, 0.2) is 0 Å². The molecule has 1 aromatic rings. The van der Waals surface area contributed by atoms with Gasteiger partial charge in [-0.15, -0.1) is 0 Å². The minimum Gasteiger partial charge on any atom is -0.480 e. The maximum Gasteiger partial charge on any atom is 0.326 e. The first kappa shape index (κ1) is 14.5. The lowest BCUT2D eigenvalue weighted by Gasteiger charge is -2.24. The maximum atomic E-state index is 12.1. The minimum absolute atomic E-state index is 0.124. The van der Waals surface area contributed by atoms with Crippen molar-refractivity contribution in [2.24, 2.45) is 5.92 Å². The Kier molecular flexibility index (Phi) is 5.12. The standard InChI is InChI=1S/C15H20N2O3/c18-14(12-7-4-8-16-10-12)17-13(15(19)20)9-11-5-2-1-3-6-11/h1-3,5-6,12-13,16H,4,7-10H2,(H,17,18)(H,19,20)/t12?,13-/m0/s1. The zero-order chi connectivity index (χ0) is 14.4. The Morgan fingerprint density at radius 2 is 2.10 bits per heavy atom. The van der Waals surface area contributed by atoms with Crippen LogP contribution in [0.15, 0.2) is 30.3 Å². The van der Waals surface area contributed by atoms with Gasteiger partial charge in [0.2, 0.25) is 5.91 Å². The molecule has 1 fully saturated rings. The Hall–Kier alpha value is -1.88. The number of piperidine rings is 1. The van der Waals surface area contributed by atoms with E-state index in [1.165, 1.54) is 0 Å². The van der Waals surface area contributed by atoms with Crippen molar-refractivity contribution in [3.8, 4) is 0 Å². The number of amides is 1. The molecule has 1 aromatic carbocycles. The summed E-state index contributed by atoms with van der Waals surface area (Å²) in [5, 5.41) is 15.1. The molecule has 2 rings (SSSR count). The molecule has 5 nitrogen and oxygen atoms in total. The van der Waals surface area contributed by atoms with Crippen molar-refractivity contribution < 1.29 is 14.7 Å². The minimum atomic E-state index is -0.994. The predicted molar refractivity (Wildman–Crippen MR) is 75.3 cm³/mol. The summed E-state index contributed by atoms with van der Waals surface area (Å²) in [5.74, 6) is -1.28. The number of carbonyl (C=O) groups excluding carboxylic acids is 1. The number of rotatable bonds is 5. The molecule has 1 aliphatic heterocycles. The van der Waals surface area contributed by atoms with E-state index in [1.807, 2.05) is 30.3 Å². The van der Waals surface area contributed by atoms with Gasteiger partial charge in [0.1, 0.15) is 6.04 Å². The summed E-state index contributed by atoms with van der Waals surface area (Å²) in [4.78, 5) is 23.4. The number of carbonyl (C=O) groups is 2. The fourth-order valence-corrected chi connectivity index (χ4v) is 2.42. The molecule has 1 unspecified atom stereocenters. The third kappa shape index (κ3) is 4.06. The maximum absolute atomic E-state index is 12.1. The van der Waals surface area contributed by atoms with E-state index < -0.39 is 12.0 Å². The number of benzene rings is 1. The van der Waals surface area contributed by atoms with Crippen molar-refractivity contribution >= 4 is 11.9 Å². The van der Waals surface area contributed by atoms with Crippen molar-refractivity contribution in [2.75, 3.05) is 13.1 Å². The second-order valence-corrected chi connectivity index (χ2v) is 5.13. The number of carboxylic acid groups (broad SMARTS) is 1. The quantitative estimate of drug-likeness (QED) is 0.743. The molecule has 108 valence electrons. The largest absolute Gasteiger partial charge is 0.480 e. The molecule has 0 saturated carbocycles. The van der Waals surface area contributed by atoms with Crippen LogP contribution in [-0.4, -0.2) is 36.1 Å². The smallest absolute Gasteiger partial charge is 0.326 e.